The predicted octanol–water partition coefficient (Wildman–Crippen LogP) is 3.69. The maximum absolute atomic E-state index is 5.93. The SMILES string of the molecule is CCNCCCc1nnc(C2CCC3CCCCC3C2)o1. The Morgan fingerprint density at radius 3 is 2.81 bits per heavy atom. The Labute approximate surface area is 128 Å². The van der Waals surface area contributed by atoms with Crippen molar-refractivity contribution in [2.24, 2.45) is 11.8 Å². The molecule has 0 aromatic carbocycles. The standard InChI is InChI=1S/C17H29N3O/c1-2-18-11-5-8-16-19-20-17(21-16)15-10-9-13-6-3-4-7-14(13)12-15/h13-15,18H,2-12H2,1H3. The summed E-state index contributed by atoms with van der Waals surface area (Å²) in [7, 11) is 0. The Balaban J connectivity index is 1.51. The van der Waals surface area contributed by atoms with Crippen molar-refractivity contribution in [3.8, 4) is 0 Å². The summed E-state index contributed by atoms with van der Waals surface area (Å²) in [6, 6.07) is 0. The highest BCUT2D eigenvalue weighted by molar-refractivity contribution is 4.97. The number of fused-ring (bicyclic) bond motifs is 1. The third kappa shape index (κ3) is 3.85. The lowest BCUT2D eigenvalue weighted by Crippen LogP contribution is -2.26. The molecule has 118 valence electrons. The van der Waals surface area contributed by atoms with Crippen molar-refractivity contribution in [3.63, 3.8) is 0 Å². The van der Waals surface area contributed by atoms with E-state index >= 15 is 0 Å². The Bertz CT molecular complexity index is 431. The summed E-state index contributed by atoms with van der Waals surface area (Å²) in [5.41, 5.74) is 0. The Morgan fingerprint density at radius 1 is 1.10 bits per heavy atom. The minimum Gasteiger partial charge on any atom is -0.425 e. The molecule has 1 aromatic heterocycles. The van der Waals surface area contributed by atoms with Crippen LogP contribution < -0.4 is 5.32 Å². The van der Waals surface area contributed by atoms with E-state index in [-0.39, 0.29) is 0 Å². The van der Waals surface area contributed by atoms with E-state index in [4.69, 9.17) is 4.42 Å². The van der Waals surface area contributed by atoms with Crippen molar-refractivity contribution in [1.82, 2.24) is 15.5 Å². The van der Waals surface area contributed by atoms with E-state index < -0.39 is 0 Å². The molecule has 2 aliphatic rings. The van der Waals surface area contributed by atoms with Crippen LogP contribution in [0.2, 0.25) is 0 Å². The van der Waals surface area contributed by atoms with E-state index in [9.17, 15) is 0 Å². The van der Waals surface area contributed by atoms with E-state index in [1.54, 1.807) is 0 Å². The minimum atomic E-state index is 0.527. The van der Waals surface area contributed by atoms with Crippen LogP contribution >= 0.6 is 0 Å². The second-order valence-corrected chi connectivity index (χ2v) is 6.81. The Kier molecular flexibility index (Phi) is 5.28. The van der Waals surface area contributed by atoms with E-state index in [0.29, 0.717) is 5.92 Å². The summed E-state index contributed by atoms with van der Waals surface area (Å²) in [6.45, 7) is 4.19. The third-order valence-corrected chi connectivity index (χ3v) is 5.37. The second-order valence-electron chi connectivity index (χ2n) is 6.81. The first kappa shape index (κ1) is 15.0. The topological polar surface area (TPSA) is 51.0 Å². The summed E-state index contributed by atoms with van der Waals surface area (Å²) >= 11 is 0. The third-order valence-electron chi connectivity index (χ3n) is 5.37. The summed E-state index contributed by atoms with van der Waals surface area (Å²) in [6.07, 6.45) is 11.6. The van der Waals surface area contributed by atoms with Gasteiger partial charge in [-0.05, 0) is 50.6 Å². The van der Waals surface area contributed by atoms with Gasteiger partial charge >= 0.3 is 0 Å². The Morgan fingerprint density at radius 2 is 1.95 bits per heavy atom. The average molecular weight is 291 g/mol. The molecule has 0 bridgehead atoms. The molecule has 3 atom stereocenters. The van der Waals surface area contributed by atoms with E-state index in [1.807, 2.05) is 0 Å². The molecule has 1 aromatic rings. The van der Waals surface area contributed by atoms with Crippen LogP contribution in [0.3, 0.4) is 0 Å². The van der Waals surface area contributed by atoms with Crippen LogP contribution in [0.1, 0.15) is 76.0 Å². The van der Waals surface area contributed by atoms with Gasteiger partial charge in [0.1, 0.15) is 0 Å². The smallest absolute Gasteiger partial charge is 0.219 e. The van der Waals surface area contributed by atoms with E-state index in [1.165, 1.54) is 44.9 Å². The predicted molar refractivity (Wildman–Crippen MR) is 83.2 cm³/mol. The van der Waals surface area contributed by atoms with Gasteiger partial charge in [0.25, 0.3) is 0 Å². The van der Waals surface area contributed by atoms with Gasteiger partial charge in [0.05, 0.1) is 0 Å². The van der Waals surface area contributed by atoms with E-state index in [2.05, 4.69) is 22.4 Å². The number of hydrogen-bond donors (Lipinski definition) is 1. The molecule has 1 N–H and O–H groups in total. The molecule has 4 heteroatoms. The van der Waals surface area contributed by atoms with Crippen LogP contribution in [0.15, 0.2) is 4.42 Å². The number of aryl methyl sites for hydroxylation is 1. The molecule has 21 heavy (non-hydrogen) atoms. The van der Waals surface area contributed by atoms with Crippen molar-refractivity contribution in [2.45, 2.75) is 70.6 Å². The van der Waals surface area contributed by atoms with Gasteiger partial charge < -0.3 is 9.73 Å². The number of nitrogens with zero attached hydrogens (tertiary/aromatic N) is 2. The number of hydrogen-bond acceptors (Lipinski definition) is 4. The molecular formula is C17H29N3O. The molecule has 0 amide bonds. The number of nitrogens with one attached hydrogen (secondary N) is 1. The molecule has 4 nitrogen and oxygen atoms in total. The van der Waals surface area contributed by atoms with Gasteiger partial charge in [0, 0.05) is 12.3 Å². The molecule has 0 saturated heterocycles. The summed E-state index contributed by atoms with van der Waals surface area (Å²) < 4.78 is 5.93. The molecule has 2 aliphatic carbocycles. The lowest BCUT2D eigenvalue weighted by molar-refractivity contribution is 0.145. The first-order valence-electron chi connectivity index (χ1n) is 8.89. The van der Waals surface area contributed by atoms with Gasteiger partial charge in [-0.15, -0.1) is 10.2 Å². The largest absolute Gasteiger partial charge is 0.425 e. The molecule has 2 saturated carbocycles. The molecular weight excluding hydrogens is 262 g/mol. The molecule has 0 spiro atoms. The number of aromatic nitrogens is 2. The fourth-order valence-corrected chi connectivity index (χ4v) is 4.17. The zero-order valence-electron chi connectivity index (χ0n) is 13.3. The Hall–Kier alpha value is -0.900. The molecule has 0 aliphatic heterocycles. The lowest BCUT2D eigenvalue weighted by Gasteiger charge is -2.38. The van der Waals surface area contributed by atoms with Crippen molar-refractivity contribution in [2.75, 3.05) is 13.1 Å². The monoisotopic (exact) mass is 291 g/mol. The molecule has 3 rings (SSSR count). The quantitative estimate of drug-likeness (QED) is 0.812. The maximum atomic E-state index is 5.93. The fraction of sp³-hybridized carbons (Fsp3) is 0.882. The summed E-state index contributed by atoms with van der Waals surface area (Å²) in [5, 5.41) is 11.9. The van der Waals surface area contributed by atoms with Gasteiger partial charge in [0.15, 0.2) is 0 Å². The van der Waals surface area contributed by atoms with Gasteiger partial charge in [-0.3, -0.25) is 0 Å². The second kappa shape index (κ2) is 7.39. The maximum Gasteiger partial charge on any atom is 0.219 e. The highest BCUT2D eigenvalue weighted by Crippen LogP contribution is 2.45. The highest BCUT2D eigenvalue weighted by Gasteiger charge is 2.34. The molecule has 2 fully saturated rings. The lowest BCUT2D eigenvalue weighted by atomic mass is 9.67. The first-order valence-corrected chi connectivity index (χ1v) is 8.89. The van der Waals surface area contributed by atoms with Gasteiger partial charge in [0.2, 0.25) is 11.8 Å². The van der Waals surface area contributed by atoms with Crippen LogP contribution in [0.25, 0.3) is 0 Å². The summed E-state index contributed by atoms with van der Waals surface area (Å²) in [5.74, 6) is 4.17. The molecule has 1 heterocycles. The van der Waals surface area contributed by atoms with Crippen LogP contribution in [0, 0.1) is 11.8 Å². The molecule has 3 unspecified atom stereocenters. The van der Waals surface area contributed by atoms with Crippen LogP contribution in [-0.2, 0) is 6.42 Å². The van der Waals surface area contributed by atoms with Crippen molar-refractivity contribution in [1.29, 1.82) is 0 Å². The zero-order chi connectivity index (χ0) is 14.5. The zero-order valence-corrected chi connectivity index (χ0v) is 13.3. The van der Waals surface area contributed by atoms with Crippen LogP contribution in [0.5, 0.6) is 0 Å². The summed E-state index contributed by atoms with van der Waals surface area (Å²) in [4.78, 5) is 0. The van der Waals surface area contributed by atoms with Crippen molar-refractivity contribution < 1.29 is 4.42 Å². The van der Waals surface area contributed by atoms with E-state index in [0.717, 1.165) is 49.5 Å². The van der Waals surface area contributed by atoms with Crippen LogP contribution in [-0.4, -0.2) is 23.3 Å². The normalized spacial score (nSPS) is 29.3. The molecule has 0 radical (unpaired) electrons. The van der Waals surface area contributed by atoms with Crippen molar-refractivity contribution >= 4 is 0 Å². The van der Waals surface area contributed by atoms with Crippen LogP contribution in [0.4, 0.5) is 0 Å². The fourth-order valence-electron chi connectivity index (χ4n) is 4.17. The van der Waals surface area contributed by atoms with Gasteiger partial charge in [-0.25, -0.2) is 0 Å². The first-order chi connectivity index (χ1) is 10.4. The highest BCUT2D eigenvalue weighted by atomic mass is 16.4. The van der Waals surface area contributed by atoms with Gasteiger partial charge in [-0.1, -0.05) is 32.6 Å². The van der Waals surface area contributed by atoms with Gasteiger partial charge in [-0.2, -0.15) is 0 Å². The number of rotatable bonds is 6. The van der Waals surface area contributed by atoms with Crippen molar-refractivity contribution in [3.05, 3.63) is 11.8 Å². The minimum absolute atomic E-state index is 0.527. The average Bonchev–Trinajstić information content (AvgIpc) is 3.00.